The molecule has 0 radical (unpaired) electrons. The first kappa shape index (κ1) is 19.5. The Labute approximate surface area is 160 Å². The first-order chi connectivity index (χ1) is 13.2. The summed E-state index contributed by atoms with van der Waals surface area (Å²) in [7, 11) is 0. The number of hydrogen-bond acceptors (Lipinski definition) is 5. The molecule has 1 fully saturated rings. The second kappa shape index (κ2) is 10.2. The average Bonchev–Trinajstić information content (AvgIpc) is 2.71. The fourth-order valence-corrected chi connectivity index (χ4v) is 3.11. The summed E-state index contributed by atoms with van der Waals surface area (Å²) in [5.41, 5.74) is 2.19. The second-order valence-electron chi connectivity index (χ2n) is 6.60. The maximum Gasteiger partial charge on any atom is 0.302 e. The number of esters is 1. The van der Waals surface area contributed by atoms with Crippen LogP contribution in [-0.2, 0) is 37.0 Å². The van der Waals surface area contributed by atoms with E-state index in [0.29, 0.717) is 19.8 Å². The van der Waals surface area contributed by atoms with Gasteiger partial charge in [-0.15, -0.1) is 0 Å². The molecule has 27 heavy (non-hydrogen) atoms. The summed E-state index contributed by atoms with van der Waals surface area (Å²) >= 11 is 0. The molecule has 1 aliphatic heterocycles. The van der Waals surface area contributed by atoms with Crippen molar-refractivity contribution in [2.24, 2.45) is 0 Å². The zero-order valence-corrected chi connectivity index (χ0v) is 15.6. The minimum Gasteiger partial charge on any atom is -0.463 e. The van der Waals surface area contributed by atoms with Crippen LogP contribution in [0.15, 0.2) is 60.7 Å². The molecule has 2 aromatic carbocycles. The number of hydrogen-bond donors (Lipinski definition) is 0. The third kappa shape index (κ3) is 6.17. The van der Waals surface area contributed by atoms with Crippen LogP contribution in [0.2, 0.25) is 0 Å². The molecule has 0 saturated carbocycles. The molecule has 5 heteroatoms. The Hall–Kier alpha value is -2.21. The van der Waals surface area contributed by atoms with Gasteiger partial charge in [-0.3, -0.25) is 4.79 Å². The minimum atomic E-state index is -0.341. The summed E-state index contributed by atoms with van der Waals surface area (Å²) < 4.78 is 23.3. The molecule has 1 aliphatic rings. The van der Waals surface area contributed by atoms with Crippen LogP contribution < -0.4 is 0 Å². The lowest BCUT2D eigenvalue weighted by atomic mass is 10.0. The van der Waals surface area contributed by atoms with Crippen molar-refractivity contribution >= 4 is 5.97 Å². The highest BCUT2D eigenvalue weighted by atomic mass is 16.6. The maximum absolute atomic E-state index is 11.2. The van der Waals surface area contributed by atoms with Crippen LogP contribution in [0.4, 0.5) is 0 Å². The highest BCUT2D eigenvalue weighted by Gasteiger charge is 2.36. The van der Waals surface area contributed by atoms with Crippen LogP contribution in [-0.4, -0.2) is 37.5 Å². The third-order valence-electron chi connectivity index (χ3n) is 4.51. The van der Waals surface area contributed by atoms with Gasteiger partial charge in [-0.25, -0.2) is 0 Å². The van der Waals surface area contributed by atoms with Crippen LogP contribution in [0.25, 0.3) is 0 Å². The second-order valence-corrected chi connectivity index (χ2v) is 6.60. The first-order valence-corrected chi connectivity index (χ1v) is 9.28. The van der Waals surface area contributed by atoms with Crippen molar-refractivity contribution in [3.05, 3.63) is 71.8 Å². The highest BCUT2D eigenvalue weighted by Crippen LogP contribution is 2.24. The van der Waals surface area contributed by atoms with Gasteiger partial charge < -0.3 is 18.9 Å². The van der Waals surface area contributed by atoms with Crippen molar-refractivity contribution in [2.75, 3.05) is 13.2 Å². The quantitative estimate of drug-likeness (QED) is 0.666. The van der Waals surface area contributed by atoms with Crippen LogP contribution in [0.5, 0.6) is 0 Å². The molecule has 1 heterocycles. The first-order valence-electron chi connectivity index (χ1n) is 9.28. The topological polar surface area (TPSA) is 54.0 Å². The lowest BCUT2D eigenvalue weighted by Gasteiger charge is -2.37. The fourth-order valence-electron chi connectivity index (χ4n) is 3.11. The summed E-state index contributed by atoms with van der Waals surface area (Å²) in [5.74, 6) is -0.326. The molecule has 1 saturated heterocycles. The van der Waals surface area contributed by atoms with Crippen molar-refractivity contribution in [1.29, 1.82) is 0 Å². The number of benzene rings is 2. The van der Waals surface area contributed by atoms with Gasteiger partial charge >= 0.3 is 5.97 Å². The van der Waals surface area contributed by atoms with Crippen LogP contribution in [0.3, 0.4) is 0 Å². The van der Waals surface area contributed by atoms with E-state index in [0.717, 1.165) is 17.5 Å². The molecule has 0 aromatic heterocycles. The van der Waals surface area contributed by atoms with Crippen LogP contribution in [0, 0.1) is 0 Å². The molecule has 5 nitrogen and oxygen atoms in total. The average molecular weight is 370 g/mol. The van der Waals surface area contributed by atoms with Crippen molar-refractivity contribution in [1.82, 2.24) is 0 Å². The van der Waals surface area contributed by atoms with Crippen molar-refractivity contribution in [3.63, 3.8) is 0 Å². The lowest BCUT2D eigenvalue weighted by molar-refractivity contribution is -0.198. The number of carbonyl (C=O) groups excluding carboxylic acids is 1. The van der Waals surface area contributed by atoms with Gasteiger partial charge in [0.1, 0.15) is 18.8 Å². The van der Waals surface area contributed by atoms with E-state index in [2.05, 4.69) is 0 Å². The Morgan fingerprint density at radius 1 is 0.963 bits per heavy atom. The molecule has 3 atom stereocenters. The molecule has 0 amide bonds. The molecule has 0 aliphatic carbocycles. The molecule has 0 bridgehead atoms. The molecule has 3 rings (SSSR count). The van der Waals surface area contributed by atoms with Crippen molar-refractivity contribution < 1.29 is 23.7 Å². The standard InChI is InChI=1S/C22H26O5/c1-17(23)25-16-21-22(27-15-19-10-6-3-7-11-19)20(12-13-24-21)26-14-18-8-4-2-5-9-18/h2-11,20-22H,12-16H2,1H3/t20-,21-,22?/m1/s1. The summed E-state index contributed by atoms with van der Waals surface area (Å²) in [4.78, 5) is 11.2. The third-order valence-corrected chi connectivity index (χ3v) is 4.51. The normalized spacial score (nSPS) is 22.3. The molecular formula is C22H26O5. The Balaban J connectivity index is 1.65. The van der Waals surface area contributed by atoms with Gasteiger partial charge in [0.2, 0.25) is 0 Å². The van der Waals surface area contributed by atoms with E-state index < -0.39 is 0 Å². The predicted octanol–water partition coefficient (Wildman–Crippen LogP) is 3.51. The van der Waals surface area contributed by atoms with E-state index >= 15 is 0 Å². The van der Waals surface area contributed by atoms with E-state index in [1.54, 1.807) is 0 Å². The van der Waals surface area contributed by atoms with Gasteiger partial charge in [0.15, 0.2) is 0 Å². The Morgan fingerprint density at radius 2 is 1.56 bits per heavy atom. The molecule has 0 N–H and O–H groups in total. The summed E-state index contributed by atoms with van der Waals surface area (Å²) in [6.45, 7) is 3.08. The lowest BCUT2D eigenvalue weighted by Crippen LogP contribution is -2.49. The number of carbonyl (C=O) groups is 1. The maximum atomic E-state index is 11.2. The van der Waals surface area contributed by atoms with E-state index in [1.807, 2.05) is 60.7 Å². The van der Waals surface area contributed by atoms with Crippen molar-refractivity contribution in [2.45, 2.75) is 44.9 Å². The van der Waals surface area contributed by atoms with Gasteiger partial charge in [-0.1, -0.05) is 60.7 Å². The Kier molecular flexibility index (Phi) is 7.39. The summed E-state index contributed by atoms with van der Waals surface area (Å²) in [6, 6.07) is 20.0. The number of ether oxygens (including phenoxy) is 4. The molecule has 0 spiro atoms. The van der Waals surface area contributed by atoms with E-state index in [1.165, 1.54) is 6.92 Å². The Morgan fingerprint density at radius 3 is 2.15 bits per heavy atom. The number of rotatable bonds is 8. The smallest absolute Gasteiger partial charge is 0.302 e. The molecule has 2 aromatic rings. The predicted molar refractivity (Wildman–Crippen MR) is 101 cm³/mol. The minimum absolute atomic E-state index is 0.122. The van der Waals surface area contributed by atoms with E-state index in [9.17, 15) is 4.79 Å². The zero-order chi connectivity index (χ0) is 18.9. The monoisotopic (exact) mass is 370 g/mol. The molecule has 1 unspecified atom stereocenters. The van der Waals surface area contributed by atoms with Gasteiger partial charge in [-0.05, 0) is 17.5 Å². The van der Waals surface area contributed by atoms with Gasteiger partial charge in [0.05, 0.1) is 19.3 Å². The van der Waals surface area contributed by atoms with E-state index in [-0.39, 0.29) is 30.9 Å². The van der Waals surface area contributed by atoms with E-state index in [4.69, 9.17) is 18.9 Å². The van der Waals surface area contributed by atoms with Crippen molar-refractivity contribution in [3.8, 4) is 0 Å². The fraction of sp³-hybridized carbons (Fsp3) is 0.409. The van der Waals surface area contributed by atoms with Crippen LogP contribution >= 0.6 is 0 Å². The summed E-state index contributed by atoms with van der Waals surface area (Å²) in [6.07, 6.45) is -0.0274. The van der Waals surface area contributed by atoms with Gasteiger partial charge in [0.25, 0.3) is 0 Å². The van der Waals surface area contributed by atoms with Gasteiger partial charge in [-0.2, -0.15) is 0 Å². The largest absolute Gasteiger partial charge is 0.463 e. The molecule has 144 valence electrons. The zero-order valence-electron chi connectivity index (χ0n) is 15.6. The Bertz CT molecular complexity index is 688. The summed E-state index contributed by atoms with van der Waals surface area (Å²) in [5, 5.41) is 0. The van der Waals surface area contributed by atoms with Gasteiger partial charge in [0, 0.05) is 13.5 Å². The SMILES string of the molecule is CC(=O)OC[C@H]1OCC[C@@H](OCc2ccccc2)C1OCc1ccccc1. The molecular weight excluding hydrogens is 344 g/mol. The van der Waals surface area contributed by atoms with Crippen LogP contribution in [0.1, 0.15) is 24.5 Å². The highest BCUT2D eigenvalue weighted by molar-refractivity contribution is 5.65.